The van der Waals surface area contributed by atoms with E-state index in [1.165, 1.54) is 6.08 Å². The average Bonchev–Trinajstić information content (AvgIpc) is 4.29. The smallest absolute Gasteiger partial charge is 0.248 e. The second-order valence-corrected chi connectivity index (χ2v) is 21.7. The maximum absolute atomic E-state index is 15.1. The molecule has 3 aromatic heterocycles. The number of ether oxygens (including phenoxy) is 3. The van der Waals surface area contributed by atoms with Gasteiger partial charge in [0.15, 0.2) is 0 Å². The molecule has 7 atom stereocenters. The fourth-order valence-electron chi connectivity index (χ4n) is 13.5. The Labute approximate surface area is 429 Å². The molecule has 5 aromatic rings. The van der Waals surface area contributed by atoms with Gasteiger partial charge in [0.05, 0.1) is 71.9 Å². The van der Waals surface area contributed by atoms with Crippen molar-refractivity contribution >= 4 is 33.9 Å². The molecule has 3 aliphatic carbocycles. The fraction of sp³-hybridized carbons (Fsp3) is 0.509. The average molecular weight is 1010 g/mol. The fourth-order valence-corrected chi connectivity index (χ4v) is 13.5. The maximum atomic E-state index is 15.1. The van der Waals surface area contributed by atoms with Crippen LogP contribution in [0.5, 0.6) is 0 Å². The molecular formula is C57H66F3N9O5. The highest BCUT2D eigenvalue weighted by Crippen LogP contribution is 2.48. The number of likely N-dealkylation sites (tertiary alicyclic amines) is 1. The predicted molar refractivity (Wildman–Crippen MR) is 274 cm³/mol. The maximum Gasteiger partial charge on any atom is 0.248 e. The van der Waals surface area contributed by atoms with Crippen LogP contribution in [0.1, 0.15) is 137 Å². The number of halogens is 3. The van der Waals surface area contributed by atoms with Gasteiger partial charge in [-0.2, -0.15) is 0 Å². The van der Waals surface area contributed by atoms with E-state index in [4.69, 9.17) is 24.2 Å². The van der Waals surface area contributed by atoms with Crippen molar-refractivity contribution in [2.45, 2.75) is 144 Å². The monoisotopic (exact) mass is 1010 g/mol. The van der Waals surface area contributed by atoms with E-state index in [1.807, 2.05) is 40.4 Å². The molecule has 2 saturated carbocycles. The van der Waals surface area contributed by atoms with Crippen LogP contribution in [0.15, 0.2) is 91.5 Å². The molecule has 7 heterocycles. The minimum atomic E-state index is -2.69. The molecule has 0 spiro atoms. The summed E-state index contributed by atoms with van der Waals surface area (Å²) in [5, 5.41) is 7.78. The first-order valence-corrected chi connectivity index (χ1v) is 26.7. The van der Waals surface area contributed by atoms with Crippen molar-refractivity contribution in [2.75, 3.05) is 27.5 Å². The van der Waals surface area contributed by atoms with E-state index in [-0.39, 0.29) is 80.4 Å². The van der Waals surface area contributed by atoms with E-state index >= 15 is 4.39 Å². The number of benzene rings is 2. The molecule has 0 bridgehead atoms. The topological polar surface area (TPSA) is 155 Å². The number of aromatic amines is 2. The second kappa shape index (κ2) is 19.6. The van der Waals surface area contributed by atoms with Crippen molar-refractivity contribution in [1.82, 2.24) is 44.9 Å². The number of hydrogen-bond acceptors (Lipinski definition) is 9. The Morgan fingerprint density at radius 3 is 2.43 bits per heavy atom. The van der Waals surface area contributed by atoms with E-state index in [2.05, 4.69) is 74.2 Å². The molecule has 74 heavy (non-hydrogen) atoms. The number of methoxy groups -OCH3 is 2. The number of nitrogens with one attached hydrogen (secondary N) is 4. The van der Waals surface area contributed by atoms with Crippen LogP contribution in [0.4, 0.5) is 13.2 Å². The zero-order valence-corrected chi connectivity index (χ0v) is 42.1. The number of nitrogens with zero attached hydrogens (tertiary/aromatic N) is 5. The third kappa shape index (κ3) is 8.80. The second-order valence-electron chi connectivity index (χ2n) is 21.7. The lowest BCUT2D eigenvalue weighted by Gasteiger charge is -2.46. The third-order valence-electron chi connectivity index (χ3n) is 17.5. The molecule has 3 saturated heterocycles. The molecule has 17 heteroatoms. The van der Waals surface area contributed by atoms with Crippen molar-refractivity contribution in [1.29, 1.82) is 0 Å². The number of piperazine rings is 1. The Balaban J connectivity index is 0.803. The highest BCUT2D eigenvalue weighted by atomic mass is 19.3. The van der Waals surface area contributed by atoms with Crippen LogP contribution in [0.3, 0.4) is 0 Å². The van der Waals surface area contributed by atoms with Crippen molar-refractivity contribution in [3.63, 3.8) is 0 Å². The lowest BCUT2D eigenvalue weighted by atomic mass is 9.76. The van der Waals surface area contributed by atoms with Gasteiger partial charge in [-0.1, -0.05) is 49.1 Å². The van der Waals surface area contributed by atoms with Crippen molar-refractivity contribution in [2.24, 2.45) is 11.8 Å². The van der Waals surface area contributed by atoms with Gasteiger partial charge in [-0.25, -0.2) is 23.1 Å². The van der Waals surface area contributed by atoms with Crippen molar-refractivity contribution < 1.29 is 37.0 Å². The van der Waals surface area contributed by atoms with Gasteiger partial charge in [0.2, 0.25) is 24.0 Å². The molecule has 14 nitrogen and oxygen atoms in total. The third-order valence-corrected chi connectivity index (χ3v) is 17.5. The molecule has 2 amide bonds. The van der Waals surface area contributed by atoms with E-state index in [0.717, 1.165) is 100 Å². The number of carbonyl (C=O) groups is 2. The number of imidazole rings is 2. The zero-order chi connectivity index (χ0) is 50.9. The number of allylic oxidation sites excluding steroid dienone is 4. The normalized spacial score (nSPS) is 29.4. The molecular weight excluding hydrogens is 948 g/mol. The quantitative estimate of drug-likeness (QED) is 0.0667. The van der Waals surface area contributed by atoms with Gasteiger partial charge in [-0.15, -0.1) is 0 Å². The number of hydrogen-bond donors (Lipinski definition) is 4. The Kier molecular flexibility index (Phi) is 13.0. The molecule has 12 rings (SSSR count). The summed E-state index contributed by atoms with van der Waals surface area (Å²) >= 11 is 0. The Morgan fingerprint density at radius 1 is 0.919 bits per heavy atom. The molecule has 390 valence electrons. The lowest BCUT2D eigenvalue weighted by Crippen LogP contribution is -2.66. The van der Waals surface area contributed by atoms with Crippen LogP contribution in [-0.4, -0.2) is 110 Å². The minimum Gasteiger partial charge on any atom is -0.466 e. The number of H-pyrrole nitrogens is 2. The van der Waals surface area contributed by atoms with Crippen molar-refractivity contribution in [3.8, 4) is 11.3 Å². The Morgan fingerprint density at radius 2 is 1.68 bits per heavy atom. The number of carbonyl (C=O) groups excluding carboxylic acids is 2. The number of aromatic nitrogens is 5. The highest BCUT2D eigenvalue weighted by Gasteiger charge is 2.52. The first kappa shape index (κ1) is 48.9. The zero-order valence-electron chi connectivity index (χ0n) is 42.1. The summed E-state index contributed by atoms with van der Waals surface area (Å²) in [4.78, 5) is 49.5. The van der Waals surface area contributed by atoms with Crippen LogP contribution in [0.25, 0.3) is 33.3 Å². The molecule has 7 aliphatic rings. The molecule has 4 N–H and O–H groups in total. The summed E-state index contributed by atoms with van der Waals surface area (Å²) in [6, 6.07) is 17.2. The summed E-state index contributed by atoms with van der Waals surface area (Å²) in [6.45, 7) is 4.44. The van der Waals surface area contributed by atoms with Crippen LogP contribution in [0, 0.1) is 11.8 Å². The van der Waals surface area contributed by atoms with Gasteiger partial charge in [0, 0.05) is 55.7 Å². The highest BCUT2D eigenvalue weighted by molar-refractivity contribution is 5.92. The summed E-state index contributed by atoms with van der Waals surface area (Å²) < 4.78 is 64.0. The predicted octanol–water partition coefficient (Wildman–Crippen LogP) is 10.0. The van der Waals surface area contributed by atoms with Gasteiger partial charge in [-0.05, 0) is 119 Å². The standard InChI is InChI=1S/C57H66F3N9O5/c1-4-56(58)22-18-34(19-23-56)49-54(71)68-44(16-17-45(68)52(66-49)73-3)51-62-31-41(65-51)37-12-14-39-46-28-38-27-36(13-15-42(38)69(46)55(74-47(39)29-37)35-9-6-5-7-10-35)40-30-61-50(64-40)43-11-8-26-67(43)53(70)48(63-32-72-2)33-20-24-57(59,60)25-21-33/h4-7,9-10,13,15,27-31,33-34,43-45,48-49,52,55,63,66H,1,8,11-12,14,16-26,32H2,2-3H3,(H,61,64)(H,62,65). The van der Waals surface area contributed by atoms with Crippen LogP contribution in [0.2, 0.25) is 0 Å². The largest absolute Gasteiger partial charge is 0.466 e. The molecule has 4 aliphatic heterocycles. The van der Waals surface area contributed by atoms with E-state index in [1.54, 1.807) is 14.2 Å². The number of fused-ring (bicyclic) bond motifs is 5. The van der Waals surface area contributed by atoms with E-state index in [9.17, 15) is 18.4 Å². The first-order valence-electron chi connectivity index (χ1n) is 26.7. The van der Waals surface area contributed by atoms with Gasteiger partial charge < -0.3 is 38.5 Å². The lowest BCUT2D eigenvalue weighted by molar-refractivity contribution is -0.152. The molecule has 2 aromatic carbocycles. The van der Waals surface area contributed by atoms with Gasteiger partial charge in [0.1, 0.15) is 29.3 Å². The number of rotatable bonds is 13. The molecule has 0 radical (unpaired) electrons. The van der Waals surface area contributed by atoms with Gasteiger partial charge in [-0.3, -0.25) is 20.2 Å². The van der Waals surface area contributed by atoms with Crippen LogP contribution in [-0.2, 0) is 23.8 Å². The van der Waals surface area contributed by atoms with E-state index in [0.29, 0.717) is 38.1 Å². The summed E-state index contributed by atoms with van der Waals surface area (Å²) in [7, 11) is 3.23. The first-order chi connectivity index (χ1) is 35.9. The Hall–Kier alpha value is -6.01. The summed E-state index contributed by atoms with van der Waals surface area (Å²) in [5.41, 5.74) is 6.65. The van der Waals surface area contributed by atoms with Crippen LogP contribution < -0.4 is 10.6 Å². The van der Waals surface area contributed by atoms with E-state index < -0.39 is 29.9 Å². The summed E-state index contributed by atoms with van der Waals surface area (Å²) in [6.07, 6.45) is 13.1. The minimum absolute atomic E-state index is 0.00284. The number of amides is 2. The van der Waals surface area contributed by atoms with Gasteiger partial charge >= 0.3 is 0 Å². The summed E-state index contributed by atoms with van der Waals surface area (Å²) in [5.74, 6) is -0.679. The molecule has 7 unspecified atom stereocenters. The van der Waals surface area contributed by atoms with Gasteiger partial charge in [0.25, 0.3) is 0 Å². The Bertz CT molecular complexity index is 2980. The SMILES string of the molecule is C=CC1(F)CCC(C2NC(OC)C3CCC(c4ncc(C5=CC6=C(CC5)c5cc7cc(-c8cnc(C9CCCN9C(=O)C(NCOC)C9CCC(F)(F)CC9)[nH]8)ccc7n5C(c5ccccc5)O6)[nH]4)N3C2=O)CC1. The van der Waals surface area contributed by atoms with Crippen LogP contribution >= 0.6 is 0 Å². The molecule has 5 fully saturated rings. The van der Waals surface area contributed by atoms with Crippen molar-refractivity contribution in [3.05, 3.63) is 120 Å². The number of alkyl halides is 3.